The topological polar surface area (TPSA) is 58.4 Å². The van der Waals surface area contributed by atoms with Crippen molar-refractivity contribution in [1.82, 2.24) is 4.90 Å². The standard InChI is InChI=1S/C15H23N3O/c1-11(12-7-9-18(2)10-8-12)17-14-5-3-13(4-6-14)15(16)19/h3-6,11-12,17H,7-10H2,1-2H3,(H2,16,19). The summed E-state index contributed by atoms with van der Waals surface area (Å²) in [6, 6.07) is 7.84. The molecule has 19 heavy (non-hydrogen) atoms. The summed E-state index contributed by atoms with van der Waals surface area (Å²) >= 11 is 0. The number of amides is 1. The Bertz CT molecular complexity index is 422. The fourth-order valence-corrected chi connectivity index (χ4v) is 2.64. The second-order valence-electron chi connectivity index (χ2n) is 5.52. The number of nitrogens with two attached hydrogens (primary N) is 1. The first-order chi connectivity index (χ1) is 9.06. The Labute approximate surface area is 115 Å². The number of hydrogen-bond acceptors (Lipinski definition) is 3. The number of primary amides is 1. The van der Waals surface area contributed by atoms with Gasteiger partial charge in [0.15, 0.2) is 0 Å². The van der Waals surface area contributed by atoms with Crippen molar-refractivity contribution < 1.29 is 4.79 Å². The number of likely N-dealkylation sites (tertiary alicyclic amines) is 1. The van der Waals surface area contributed by atoms with E-state index < -0.39 is 0 Å². The number of benzene rings is 1. The normalized spacial score (nSPS) is 19.1. The summed E-state index contributed by atoms with van der Waals surface area (Å²) in [6.45, 7) is 4.59. The average Bonchev–Trinajstić information content (AvgIpc) is 2.40. The van der Waals surface area contributed by atoms with E-state index in [4.69, 9.17) is 5.73 Å². The highest BCUT2D eigenvalue weighted by molar-refractivity contribution is 5.93. The molecule has 0 spiro atoms. The van der Waals surface area contributed by atoms with E-state index >= 15 is 0 Å². The number of nitrogens with one attached hydrogen (secondary N) is 1. The van der Waals surface area contributed by atoms with E-state index in [0.29, 0.717) is 17.5 Å². The third-order valence-corrected chi connectivity index (χ3v) is 4.03. The fraction of sp³-hybridized carbons (Fsp3) is 0.533. The Hall–Kier alpha value is -1.55. The zero-order valence-corrected chi connectivity index (χ0v) is 11.7. The Morgan fingerprint density at radius 3 is 2.42 bits per heavy atom. The molecule has 1 saturated heterocycles. The quantitative estimate of drug-likeness (QED) is 0.870. The van der Waals surface area contributed by atoms with Crippen LogP contribution in [-0.4, -0.2) is 37.0 Å². The summed E-state index contributed by atoms with van der Waals surface area (Å²) < 4.78 is 0. The second-order valence-corrected chi connectivity index (χ2v) is 5.52. The molecule has 1 fully saturated rings. The Morgan fingerprint density at radius 1 is 1.32 bits per heavy atom. The molecule has 1 amide bonds. The molecule has 1 aromatic rings. The van der Waals surface area contributed by atoms with Crippen molar-refractivity contribution in [2.45, 2.75) is 25.8 Å². The molecule has 0 radical (unpaired) electrons. The maximum Gasteiger partial charge on any atom is 0.248 e. The Morgan fingerprint density at radius 2 is 1.89 bits per heavy atom. The van der Waals surface area contributed by atoms with Gasteiger partial charge in [-0.2, -0.15) is 0 Å². The molecule has 1 atom stereocenters. The van der Waals surface area contributed by atoms with Gasteiger partial charge in [-0.15, -0.1) is 0 Å². The molecular formula is C15H23N3O. The van der Waals surface area contributed by atoms with Gasteiger partial charge < -0.3 is 16.0 Å². The van der Waals surface area contributed by atoms with Gasteiger partial charge in [-0.05, 0) is 70.1 Å². The van der Waals surface area contributed by atoms with Crippen LogP contribution in [0.4, 0.5) is 5.69 Å². The number of anilines is 1. The van der Waals surface area contributed by atoms with Crippen molar-refractivity contribution in [1.29, 1.82) is 0 Å². The van der Waals surface area contributed by atoms with Crippen LogP contribution in [0.25, 0.3) is 0 Å². The molecule has 4 heteroatoms. The lowest BCUT2D eigenvalue weighted by Crippen LogP contribution is -2.37. The van der Waals surface area contributed by atoms with Crippen molar-refractivity contribution in [3.05, 3.63) is 29.8 Å². The third-order valence-electron chi connectivity index (χ3n) is 4.03. The zero-order chi connectivity index (χ0) is 13.8. The lowest BCUT2D eigenvalue weighted by molar-refractivity contribution is 0.100. The van der Waals surface area contributed by atoms with E-state index in [0.717, 1.165) is 5.69 Å². The maximum atomic E-state index is 11.0. The van der Waals surface area contributed by atoms with Crippen LogP contribution in [-0.2, 0) is 0 Å². The highest BCUT2D eigenvalue weighted by Crippen LogP contribution is 2.22. The molecule has 3 N–H and O–H groups in total. The van der Waals surface area contributed by atoms with Crippen LogP contribution in [0.5, 0.6) is 0 Å². The van der Waals surface area contributed by atoms with E-state index in [2.05, 4.69) is 24.2 Å². The molecule has 1 aliphatic rings. The minimum absolute atomic E-state index is 0.380. The van der Waals surface area contributed by atoms with Crippen LogP contribution in [0.1, 0.15) is 30.1 Å². The van der Waals surface area contributed by atoms with Crippen molar-refractivity contribution >= 4 is 11.6 Å². The van der Waals surface area contributed by atoms with Gasteiger partial charge in [0, 0.05) is 17.3 Å². The van der Waals surface area contributed by atoms with Crippen LogP contribution in [0.15, 0.2) is 24.3 Å². The molecule has 4 nitrogen and oxygen atoms in total. The summed E-state index contributed by atoms with van der Waals surface area (Å²) in [4.78, 5) is 13.4. The molecule has 1 heterocycles. The lowest BCUT2D eigenvalue weighted by atomic mass is 9.90. The van der Waals surface area contributed by atoms with Crippen molar-refractivity contribution in [3.8, 4) is 0 Å². The molecule has 1 aromatic carbocycles. The van der Waals surface area contributed by atoms with Crippen molar-refractivity contribution in [2.75, 3.05) is 25.5 Å². The van der Waals surface area contributed by atoms with Gasteiger partial charge in [0.1, 0.15) is 0 Å². The van der Waals surface area contributed by atoms with E-state index in [9.17, 15) is 4.79 Å². The van der Waals surface area contributed by atoms with Crippen molar-refractivity contribution in [3.63, 3.8) is 0 Å². The number of rotatable bonds is 4. The van der Waals surface area contributed by atoms with E-state index in [1.54, 1.807) is 12.1 Å². The molecule has 0 bridgehead atoms. The van der Waals surface area contributed by atoms with Crippen molar-refractivity contribution in [2.24, 2.45) is 11.7 Å². The molecular weight excluding hydrogens is 238 g/mol. The van der Waals surface area contributed by atoms with E-state index in [1.807, 2.05) is 12.1 Å². The smallest absolute Gasteiger partial charge is 0.248 e. The zero-order valence-electron chi connectivity index (χ0n) is 11.7. The van der Waals surface area contributed by atoms with Gasteiger partial charge in [0.25, 0.3) is 0 Å². The first-order valence-corrected chi connectivity index (χ1v) is 6.91. The number of nitrogens with zero attached hydrogens (tertiary/aromatic N) is 1. The molecule has 0 aliphatic carbocycles. The number of piperidine rings is 1. The summed E-state index contributed by atoms with van der Waals surface area (Å²) in [5, 5.41) is 3.52. The van der Waals surface area contributed by atoms with Gasteiger partial charge in [-0.3, -0.25) is 4.79 Å². The maximum absolute atomic E-state index is 11.0. The number of hydrogen-bond donors (Lipinski definition) is 2. The van der Waals surface area contributed by atoms with Gasteiger partial charge in [-0.25, -0.2) is 0 Å². The second kappa shape index (κ2) is 6.06. The fourth-order valence-electron chi connectivity index (χ4n) is 2.64. The summed E-state index contributed by atoms with van der Waals surface area (Å²) in [5.74, 6) is 0.335. The van der Waals surface area contributed by atoms with Gasteiger partial charge in [-0.1, -0.05) is 0 Å². The van der Waals surface area contributed by atoms with E-state index in [1.165, 1.54) is 25.9 Å². The summed E-state index contributed by atoms with van der Waals surface area (Å²) in [6.07, 6.45) is 2.48. The SMILES string of the molecule is CC(Nc1ccc(C(N)=O)cc1)C1CCN(C)CC1. The molecule has 0 saturated carbocycles. The van der Waals surface area contributed by atoms with Gasteiger partial charge in [0.2, 0.25) is 5.91 Å². The first kappa shape index (κ1) is 13.9. The summed E-state index contributed by atoms with van der Waals surface area (Å²) in [7, 11) is 2.18. The predicted molar refractivity (Wildman–Crippen MR) is 78.3 cm³/mol. The minimum Gasteiger partial charge on any atom is -0.382 e. The first-order valence-electron chi connectivity index (χ1n) is 6.91. The molecule has 1 unspecified atom stereocenters. The molecule has 104 valence electrons. The highest BCUT2D eigenvalue weighted by atomic mass is 16.1. The van der Waals surface area contributed by atoms with Crippen LogP contribution in [0.2, 0.25) is 0 Å². The molecule has 0 aromatic heterocycles. The lowest BCUT2D eigenvalue weighted by Gasteiger charge is -2.33. The summed E-state index contributed by atoms with van der Waals surface area (Å²) in [5.41, 5.74) is 6.84. The van der Waals surface area contributed by atoms with E-state index in [-0.39, 0.29) is 5.91 Å². The van der Waals surface area contributed by atoms with Crippen LogP contribution in [0, 0.1) is 5.92 Å². The molecule has 1 aliphatic heterocycles. The third kappa shape index (κ3) is 3.70. The molecule has 2 rings (SSSR count). The van der Waals surface area contributed by atoms with Gasteiger partial charge in [0.05, 0.1) is 0 Å². The average molecular weight is 261 g/mol. The van der Waals surface area contributed by atoms with Crippen LogP contribution in [0.3, 0.4) is 0 Å². The Balaban J connectivity index is 1.91. The number of carbonyl (C=O) groups excluding carboxylic acids is 1. The highest BCUT2D eigenvalue weighted by Gasteiger charge is 2.22. The number of carbonyl (C=O) groups is 1. The van der Waals surface area contributed by atoms with Crippen LogP contribution < -0.4 is 11.1 Å². The van der Waals surface area contributed by atoms with Crippen LogP contribution >= 0.6 is 0 Å². The largest absolute Gasteiger partial charge is 0.382 e. The van der Waals surface area contributed by atoms with Gasteiger partial charge >= 0.3 is 0 Å². The predicted octanol–water partition coefficient (Wildman–Crippen LogP) is 1.93. The Kier molecular flexibility index (Phi) is 4.43. The minimum atomic E-state index is -0.380. The monoisotopic (exact) mass is 261 g/mol.